The van der Waals surface area contributed by atoms with Crippen LogP contribution >= 0.6 is 15.9 Å². The molecule has 0 saturated heterocycles. The van der Waals surface area contributed by atoms with Crippen molar-refractivity contribution in [1.29, 1.82) is 0 Å². The van der Waals surface area contributed by atoms with Crippen LogP contribution in [0.4, 0.5) is 0 Å². The molecule has 2 aromatic rings. The highest BCUT2D eigenvalue weighted by atomic mass is 79.9. The fraction of sp³-hybridized carbons (Fsp3) is 0.200. The molecule has 1 heterocycles. The maximum Gasteiger partial charge on any atom is 0.252 e. The van der Waals surface area contributed by atoms with E-state index in [0.29, 0.717) is 5.56 Å². The van der Waals surface area contributed by atoms with E-state index in [9.17, 15) is 4.79 Å². The zero-order valence-electron chi connectivity index (χ0n) is 10.9. The number of carbonyl (C=O) groups excluding carboxylic acids is 1. The van der Waals surface area contributed by atoms with Crippen molar-refractivity contribution in [3.63, 3.8) is 0 Å². The van der Waals surface area contributed by atoms with Crippen molar-refractivity contribution < 1.29 is 4.79 Å². The zero-order chi connectivity index (χ0) is 13.8. The highest BCUT2D eigenvalue weighted by molar-refractivity contribution is 9.10. The molecule has 1 amide bonds. The topological polar surface area (TPSA) is 42.0 Å². The number of nitrogens with zero attached hydrogens (tertiary/aromatic N) is 1. The Hall–Kier alpha value is -1.68. The molecule has 1 aromatic carbocycles. The Bertz CT molecular complexity index is 584. The van der Waals surface area contributed by atoms with Gasteiger partial charge in [-0.25, -0.2) is 0 Å². The van der Waals surface area contributed by atoms with Gasteiger partial charge in [0.1, 0.15) is 0 Å². The van der Waals surface area contributed by atoms with Crippen molar-refractivity contribution in [3.05, 3.63) is 63.9 Å². The smallest absolute Gasteiger partial charge is 0.252 e. The lowest BCUT2D eigenvalue weighted by atomic mass is 10.1. The minimum atomic E-state index is -0.118. The van der Waals surface area contributed by atoms with Crippen molar-refractivity contribution in [2.45, 2.75) is 19.9 Å². The normalized spacial score (nSPS) is 11.9. The van der Waals surface area contributed by atoms with Gasteiger partial charge in [-0.15, -0.1) is 0 Å². The van der Waals surface area contributed by atoms with Crippen LogP contribution in [0.2, 0.25) is 0 Å². The average Bonchev–Trinajstić information content (AvgIpc) is 2.42. The quantitative estimate of drug-likeness (QED) is 0.938. The van der Waals surface area contributed by atoms with Crippen LogP contribution in [0.25, 0.3) is 0 Å². The van der Waals surface area contributed by atoms with Gasteiger partial charge in [0.2, 0.25) is 0 Å². The van der Waals surface area contributed by atoms with Gasteiger partial charge in [-0.2, -0.15) is 0 Å². The first-order valence-corrected chi connectivity index (χ1v) is 6.86. The lowest BCUT2D eigenvalue weighted by molar-refractivity contribution is 0.0938. The predicted octanol–water partition coefficient (Wildman–Crippen LogP) is 3.64. The third-order valence-corrected chi connectivity index (χ3v) is 3.85. The first-order valence-electron chi connectivity index (χ1n) is 6.06. The second-order valence-electron chi connectivity index (χ2n) is 4.36. The Morgan fingerprint density at radius 3 is 2.74 bits per heavy atom. The summed E-state index contributed by atoms with van der Waals surface area (Å²) < 4.78 is 0.936. The zero-order valence-corrected chi connectivity index (χ0v) is 12.4. The van der Waals surface area contributed by atoms with Gasteiger partial charge in [0.05, 0.1) is 11.7 Å². The van der Waals surface area contributed by atoms with E-state index >= 15 is 0 Å². The number of hydrogen-bond acceptors (Lipinski definition) is 2. The highest BCUT2D eigenvalue weighted by Crippen LogP contribution is 2.20. The largest absolute Gasteiger partial charge is 0.344 e. The predicted molar refractivity (Wildman–Crippen MR) is 79.0 cm³/mol. The summed E-state index contributed by atoms with van der Waals surface area (Å²) >= 11 is 3.43. The average molecular weight is 319 g/mol. The summed E-state index contributed by atoms with van der Waals surface area (Å²) in [4.78, 5) is 16.5. The molecule has 1 N–H and O–H groups in total. The minimum absolute atomic E-state index is 0.0862. The SMILES string of the molecule is Cc1c(Br)cccc1C(=O)NC(C)c1ccccn1. The second-order valence-corrected chi connectivity index (χ2v) is 5.22. The highest BCUT2D eigenvalue weighted by Gasteiger charge is 2.14. The van der Waals surface area contributed by atoms with Crippen LogP contribution in [0, 0.1) is 6.92 Å². The molecule has 3 nitrogen and oxygen atoms in total. The molecular formula is C15H15BrN2O. The van der Waals surface area contributed by atoms with Crippen molar-refractivity contribution in [2.75, 3.05) is 0 Å². The van der Waals surface area contributed by atoms with Crippen LogP contribution in [0.15, 0.2) is 47.1 Å². The number of pyridine rings is 1. The molecular weight excluding hydrogens is 304 g/mol. The summed E-state index contributed by atoms with van der Waals surface area (Å²) in [7, 11) is 0. The number of benzene rings is 1. The molecule has 0 aliphatic carbocycles. The van der Waals surface area contributed by atoms with E-state index in [0.717, 1.165) is 15.7 Å². The van der Waals surface area contributed by atoms with E-state index in [2.05, 4.69) is 26.2 Å². The maximum atomic E-state index is 12.2. The summed E-state index contributed by atoms with van der Waals surface area (Å²) in [5.41, 5.74) is 2.47. The first kappa shape index (κ1) is 13.7. The lowest BCUT2D eigenvalue weighted by Crippen LogP contribution is -2.27. The van der Waals surface area contributed by atoms with E-state index in [1.54, 1.807) is 6.20 Å². The molecule has 0 spiro atoms. The first-order chi connectivity index (χ1) is 9.09. The van der Waals surface area contributed by atoms with Gasteiger partial charge in [0.15, 0.2) is 0 Å². The van der Waals surface area contributed by atoms with Crippen LogP contribution in [0.3, 0.4) is 0 Å². The van der Waals surface area contributed by atoms with E-state index in [4.69, 9.17) is 0 Å². The van der Waals surface area contributed by atoms with Crippen molar-refractivity contribution >= 4 is 21.8 Å². The summed E-state index contributed by atoms with van der Waals surface area (Å²) in [5.74, 6) is -0.0862. The molecule has 0 aliphatic rings. The van der Waals surface area contributed by atoms with E-state index in [1.807, 2.05) is 50.2 Å². The van der Waals surface area contributed by atoms with Crippen molar-refractivity contribution in [2.24, 2.45) is 0 Å². The van der Waals surface area contributed by atoms with Gasteiger partial charge in [-0.1, -0.05) is 28.1 Å². The van der Waals surface area contributed by atoms with Crippen LogP contribution in [0.1, 0.15) is 34.6 Å². The Labute approximate surface area is 121 Å². The molecule has 98 valence electrons. The van der Waals surface area contributed by atoms with Crippen LogP contribution < -0.4 is 5.32 Å². The van der Waals surface area contributed by atoms with E-state index in [1.165, 1.54) is 0 Å². The second kappa shape index (κ2) is 5.97. The van der Waals surface area contributed by atoms with Gasteiger partial charge in [-0.3, -0.25) is 9.78 Å². The molecule has 0 fully saturated rings. The maximum absolute atomic E-state index is 12.2. The fourth-order valence-corrected chi connectivity index (χ4v) is 2.20. The van der Waals surface area contributed by atoms with E-state index in [-0.39, 0.29) is 11.9 Å². The van der Waals surface area contributed by atoms with Crippen LogP contribution in [-0.2, 0) is 0 Å². The monoisotopic (exact) mass is 318 g/mol. The number of aromatic nitrogens is 1. The number of rotatable bonds is 3. The Kier molecular flexibility index (Phi) is 4.32. The number of nitrogens with one attached hydrogen (secondary N) is 1. The molecule has 1 aromatic heterocycles. The molecule has 0 aliphatic heterocycles. The third-order valence-electron chi connectivity index (χ3n) is 2.99. The Morgan fingerprint density at radius 1 is 1.26 bits per heavy atom. The van der Waals surface area contributed by atoms with Gasteiger partial charge in [0.25, 0.3) is 5.91 Å². The van der Waals surface area contributed by atoms with Gasteiger partial charge >= 0.3 is 0 Å². The Morgan fingerprint density at radius 2 is 2.05 bits per heavy atom. The molecule has 19 heavy (non-hydrogen) atoms. The number of halogens is 1. The molecule has 0 radical (unpaired) electrons. The fourth-order valence-electron chi connectivity index (χ4n) is 1.83. The summed E-state index contributed by atoms with van der Waals surface area (Å²) in [6.45, 7) is 3.85. The number of amides is 1. The third kappa shape index (κ3) is 3.20. The summed E-state index contributed by atoms with van der Waals surface area (Å²) in [6, 6.07) is 11.2. The lowest BCUT2D eigenvalue weighted by Gasteiger charge is -2.14. The molecule has 0 bridgehead atoms. The van der Waals surface area contributed by atoms with Crippen LogP contribution in [-0.4, -0.2) is 10.9 Å². The molecule has 0 saturated carbocycles. The minimum Gasteiger partial charge on any atom is -0.344 e. The summed E-state index contributed by atoms with van der Waals surface area (Å²) in [5, 5.41) is 2.96. The summed E-state index contributed by atoms with van der Waals surface area (Å²) in [6.07, 6.45) is 1.72. The molecule has 1 unspecified atom stereocenters. The van der Waals surface area contributed by atoms with Gasteiger partial charge in [-0.05, 0) is 43.7 Å². The molecule has 4 heteroatoms. The standard InChI is InChI=1S/C15H15BrN2O/c1-10-12(6-5-7-13(10)16)15(19)18-11(2)14-8-3-4-9-17-14/h3-9,11H,1-2H3,(H,18,19). The van der Waals surface area contributed by atoms with Crippen LogP contribution in [0.5, 0.6) is 0 Å². The Balaban J connectivity index is 2.16. The molecule has 2 rings (SSSR count). The number of carbonyl (C=O) groups is 1. The van der Waals surface area contributed by atoms with Gasteiger partial charge in [0, 0.05) is 16.2 Å². The van der Waals surface area contributed by atoms with Gasteiger partial charge < -0.3 is 5.32 Å². The van der Waals surface area contributed by atoms with Crippen molar-refractivity contribution in [1.82, 2.24) is 10.3 Å². The van der Waals surface area contributed by atoms with Crippen molar-refractivity contribution in [3.8, 4) is 0 Å². The number of hydrogen-bond donors (Lipinski definition) is 1. The molecule has 1 atom stereocenters. The van der Waals surface area contributed by atoms with E-state index < -0.39 is 0 Å².